The van der Waals surface area contributed by atoms with Crippen molar-refractivity contribution >= 4 is 11.7 Å². The van der Waals surface area contributed by atoms with Crippen LogP contribution in [0.4, 0.5) is 5.82 Å². The highest BCUT2D eigenvalue weighted by Gasteiger charge is 2.26. The van der Waals surface area contributed by atoms with E-state index in [1.165, 1.54) is 0 Å². The smallest absolute Gasteiger partial charge is 0.228 e. The number of anilines is 1. The maximum absolute atomic E-state index is 12.8. The topological polar surface area (TPSA) is 46.1 Å². The van der Waals surface area contributed by atoms with Crippen LogP contribution in [0.3, 0.4) is 0 Å². The summed E-state index contributed by atoms with van der Waals surface area (Å²) < 4.78 is 0. The van der Waals surface area contributed by atoms with E-state index in [4.69, 9.17) is 0 Å². The molecule has 0 spiro atoms. The normalized spacial score (nSPS) is 13.0. The third kappa shape index (κ3) is 5.74. The van der Waals surface area contributed by atoms with Gasteiger partial charge in [0.2, 0.25) is 5.91 Å². The summed E-state index contributed by atoms with van der Waals surface area (Å²) in [6.45, 7) is 12.6. The molecule has 0 aliphatic carbocycles. The van der Waals surface area contributed by atoms with Crippen molar-refractivity contribution in [2.75, 3.05) is 4.90 Å². The molecular weight excluding hydrogens is 274 g/mol. The highest BCUT2D eigenvalue weighted by Crippen LogP contribution is 2.24. The minimum Gasteiger partial charge on any atom is -0.294 e. The lowest BCUT2D eigenvalue weighted by Crippen LogP contribution is -2.40. The lowest BCUT2D eigenvalue weighted by atomic mass is 9.91. The van der Waals surface area contributed by atoms with Crippen molar-refractivity contribution in [1.82, 2.24) is 9.97 Å². The largest absolute Gasteiger partial charge is 0.294 e. The van der Waals surface area contributed by atoms with Gasteiger partial charge in [-0.3, -0.25) is 9.69 Å². The Morgan fingerprint density at radius 1 is 1.32 bits per heavy atom. The zero-order chi connectivity index (χ0) is 16.8. The van der Waals surface area contributed by atoms with Crippen molar-refractivity contribution in [3.05, 3.63) is 18.1 Å². The number of aryl methyl sites for hydroxylation is 1. The summed E-state index contributed by atoms with van der Waals surface area (Å²) in [5.74, 6) is 1.71. The molecule has 0 aliphatic rings. The lowest BCUT2D eigenvalue weighted by Gasteiger charge is -2.30. The van der Waals surface area contributed by atoms with E-state index < -0.39 is 0 Å². The van der Waals surface area contributed by atoms with Crippen molar-refractivity contribution in [2.45, 2.75) is 79.7 Å². The molecular formula is C18H31N3O. The van der Waals surface area contributed by atoms with E-state index in [9.17, 15) is 4.79 Å². The first-order chi connectivity index (χ1) is 10.3. The molecule has 1 heterocycles. The molecule has 1 atom stereocenters. The van der Waals surface area contributed by atoms with Crippen LogP contribution in [0.5, 0.6) is 0 Å². The van der Waals surface area contributed by atoms with E-state index in [2.05, 4.69) is 51.5 Å². The van der Waals surface area contributed by atoms with Crippen molar-refractivity contribution < 1.29 is 4.79 Å². The van der Waals surface area contributed by atoms with Crippen LogP contribution in [0.15, 0.2) is 12.3 Å². The Kier molecular flexibility index (Phi) is 6.98. The van der Waals surface area contributed by atoms with E-state index in [-0.39, 0.29) is 17.4 Å². The molecule has 1 aromatic heterocycles. The molecule has 0 saturated heterocycles. The quantitative estimate of drug-likeness (QED) is 0.750. The predicted octanol–water partition coefficient (Wildman–Crippen LogP) is 4.39. The van der Waals surface area contributed by atoms with E-state index in [1.54, 1.807) is 6.20 Å². The van der Waals surface area contributed by atoms with Crippen molar-refractivity contribution in [3.8, 4) is 0 Å². The minimum absolute atomic E-state index is 0.0269. The predicted molar refractivity (Wildman–Crippen MR) is 92.0 cm³/mol. The van der Waals surface area contributed by atoms with Crippen LogP contribution in [-0.2, 0) is 11.2 Å². The van der Waals surface area contributed by atoms with Crippen LogP contribution in [0, 0.1) is 5.41 Å². The first-order valence-electron chi connectivity index (χ1n) is 8.42. The third-order valence-electron chi connectivity index (χ3n) is 3.67. The van der Waals surface area contributed by atoms with Gasteiger partial charge < -0.3 is 0 Å². The van der Waals surface area contributed by atoms with Crippen molar-refractivity contribution in [3.63, 3.8) is 0 Å². The van der Waals surface area contributed by atoms with Crippen molar-refractivity contribution in [2.24, 2.45) is 5.41 Å². The fourth-order valence-electron chi connectivity index (χ4n) is 2.30. The summed E-state index contributed by atoms with van der Waals surface area (Å²) in [4.78, 5) is 23.6. The van der Waals surface area contributed by atoms with Gasteiger partial charge in [-0.05, 0) is 31.2 Å². The average Bonchev–Trinajstić information content (AvgIpc) is 2.43. The second-order valence-electron chi connectivity index (χ2n) is 7.19. The number of aromatic nitrogens is 2. The SMILES string of the molecule is CCCCc1nccc(N(C(=O)CC(C)(C)C)C(C)CC)n1. The number of nitrogens with zero attached hydrogens (tertiary/aromatic N) is 3. The second kappa shape index (κ2) is 8.25. The molecule has 124 valence electrons. The molecule has 0 saturated carbocycles. The Labute approximate surface area is 135 Å². The molecule has 4 nitrogen and oxygen atoms in total. The van der Waals surface area contributed by atoms with Gasteiger partial charge in [0.05, 0.1) is 0 Å². The highest BCUT2D eigenvalue weighted by atomic mass is 16.2. The monoisotopic (exact) mass is 305 g/mol. The highest BCUT2D eigenvalue weighted by molar-refractivity contribution is 5.93. The fraction of sp³-hybridized carbons (Fsp3) is 0.722. The van der Waals surface area contributed by atoms with E-state index in [0.717, 1.165) is 37.3 Å². The molecule has 0 N–H and O–H groups in total. The Morgan fingerprint density at radius 3 is 2.55 bits per heavy atom. The number of rotatable bonds is 7. The zero-order valence-electron chi connectivity index (χ0n) is 15.0. The molecule has 1 rings (SSSR count). The first kappa shape index (κ1) is 18.6. The van der Waals surface area contributed by atoms with Gasteiger partial charge >= 0.3 is 0 Å². The standard InChI is InChI=1S/C18H31N3O/c1-7-9-10-15-19-12-11-16(20-15)21(14(3)8-2)17(22)13-18(4,5)6/h11-12,14H,7-10,13H2,1-6H3. The first-order valence-corrected chi connectivity index (χ1v) is 8.42. The number of amides is 1. The van der Waals surface area contributed by atoms with Gasteiger partial charge in [0.1, 0.15) is 11.6 Å². The Hall–Kier alpha value is -1.45. The average molecular weight is 305 g/mol. The Balaban J connectivity index is 3.04. The van der Waals surface area contributed by atoms with Crippen LogP contribution in [0.25, 0.3) is 0 Å². The van der Waals surface area contributed by atoms with E-state index >= 15 is 0 Å². The summed E-state index contributed by atoms with van der Waals surface area (Å²) in [6.07, 6.45) is 6.25. The van der Waals surface area contributed by atoms with Gasteiger partial charge in [-0.25, -0.2) is 9.97 Å². The van der Waals surface area contributed by atoms with E-state index in [0.29, 0.717) is 6.42 Å². The van der Waals surface area contributed by atoms with Gasteiger partial charge in [-0.1, -0.05) is 41.0 Å². The summed E-state index contributed by atoms with van der Waals surface area (Å²) >= 11 is 0. The van der Waals surface area contributed by atoms with Crippen LogP contribution >= 0.6 is 0 Å². The number of hydrogen-bond donors (Lipinski definition) is 0. The third-order valence-corrected chi connectivity index (χ3v) is 3.67. The number of carbonyl (C=O) groups is 1. The molecule has 22 heavy (non-hydrogen) atoms. The summed E-state index contributed by atoms with van der Waals surface area (Å²) in [5, 5.41) is 0. The van der Waals surface area contributed by atoms with Crippen molar-refractivity contribution in [1.29, 1.82) is 0 Å². The summed E-state index contributed by atoms with van der Waals surface area (Å²) in [5.41, 5.74) is -0.0269. The fourth-order valence-corrected chi connectivity index (χ4v) is 2.30. The lowest BCUT2D eigenvalue weighted by molar-refractivity contribution is -0.120. The van der Waals surface area contributed by atoms with Crippen LogP contribution in [0.1, 0.15) is 73.1 Å². The minimum atomic E-state index is -0.0269. The van der Waals surface area contributed by atoms with Crippen LogP contribution in [-0.4, -0.2) is 21.9 Å². The van der Waals surface area contributed by atoms with Crippen LogP contribution in [0.2, 0.25) is 0 Å². The number of carbonyl (C=O) groups excluding carboxylic acids is 1. The molecule has 1 unspecified atom stereocenters. The van der Waals surface area contributed by atoms with Gasteiger partial charge in [0.15, 0.2) is 0 Å². The molecule has 0 radical (unpaired) electrons. The van der Waals surface area contributed by atoms with Crippen LogP contribution < -0.4 is 4.90 Å². The van der Waals surface area contributed by atoms with Gasteiger partial charge in [0.25, 0.3) is 0 Å². The Morgan fingerprint density at radius 2 is 2.00 bits per heavy atom. The molecule has 0 aromatic carbocycles. The second-order valence-corrected chi connectivity index (χ2v) is 7.19. The molecule has 4 heteroatoms. The number of hydrogen-bond acceptors (Lipinski definition) is 3. The zero-order valence-corrected chi connectivity index (χ0v) is 15.0. The van der Waals surface area contributed by atoms with E-state index in [1.807, 2.05) is 11.0 Å². The maximum Gasteiger partial charge on any atom is 0.228 e. The maximum atomic E-state index is 12.8. The van der Waals surface area contributed by atoms with Gasteiger partial charge in [-0.15, -0.1) is 0 Å². The summed E-state index contributed by atoms with van der Waals surface area (Å²) in [6, 6.07) is 1.99. The molecule has 0 fully saturated rings. The molecule has 0 aliphatic heterocycles. The van der Waals surface area contributed by atoms with Gasteiger partial charge in [-0.2, -0.15) is 0 Å². The summed E-state index contributed by atoms with van der Waals surface area (Å²) in [7, 11) is 0. The molecule has 0 bridgehead atoms. The molecule has 1 amide bonds. The Bertz CT molecular complexity index is 479. The number of unbranched alkanes of at least 4 members (excludes halogenated alkanes) is 1. The van der Waals surface area contributed by atoms with Gasteiger partial charge in [0, 0.05) is 25.1 Å². The molecule has 1 aromatic rings.